The maximum absolute atomic E-state index is 12.4. The zero-order chi connectivity index (χ0) is 19.2. The number of fused-ring (bicyclic) bond motifs is 2. The number of pyridine rings is 1. The van der Waals surface area contributed by atoms with E-state index in [1.165, 1.54) is 0 Å². The highest BCUT2D eigenvalue weighted by Gasteiger charge is 2.46. The molecule has 2 saturated heterocycles. The third-order valence-corrected chi connectivity index (χ3v) is 6.18. The summed E-state index contributed by atoms with van der Waals surface area (Å²) < 4.78 is 0. The molecule has 0 radical (unpaired) electrons. The first-order valence-corrected chi connectivity index (χ1v) is 9.73. The molecule has 2 fully saturated rings. The van der Waals surface area contributed by atoms with Crippen LogP contribution in [0, 0.1) is 5.92 Å². The highest BCUT2D eigenvalue weighted by Crippen LogP contribution is 2.38. The topological polar surface area (TPSA) is 59.9 Å². The maximum Gasteiger partial charge on any atom is 0.319 e. The third-order valence-electron chi connectivity index (χ3n) is 5.95. The Bertz CT molecular complexity index is 874. The van der Waals surface area contributed by atoms with Crippen LogP contribution in [-0.4, -0.2) is 71.8 Å². The Morgan fingerprint density at radius 2 is 2.04 bits per heavy atom. The Morgan fingerprint density at radius 3 is 2.81 bits per heavy atom. The highest BCUT2D eigenvalue weighted by molar-refractivity contribution is 6.31. The lowest BCUT2D eigenvalue weighted by molar-refractivity contribution is -0.0759. The van der Waals surface area contributed by atoms with E-state index in [0.29, 0.717) is 31.0 Å². The molecule has 7 heteroatoms. The zero-order valence-corrected chi connectivity index (χ0v) is 16.5. The van der Waals surface area contributed by atoms with Gasteiger partial charge in [-0.1, -0.05) is 11.6 Å². The summed E-state index contributed by atoms with van der Waals surface area (Å²) in [4.78, 5) is 22.6. The molecule has 1 aromatic heterocycles. The summed E-state index contributed by atoms with van der Waals surface area (Å²) >= 11 is 6.11. The van der Waals surface area contributed by atoms with Crippen LogP contribution >= 0.6 is 11.6 Å². The first-order chi connectivity index (χ1) is 12.9. The number of aromatic nitrogens is 1. The van der Waals surface area contributed by atoms with Gasteiger partial charge in [0.25, 0.3) is 0 Å². The summed E-state index contributed by atoms with van der Waals surface area (Å²) in [7, 11) is 3.54. The van der Waals surface area contributed by atoms with Crippen molar-refractivity contribution in [1.82, 2.24) is 14.8 Å². The van der Waals surface area contributed by atoms with E-state index in [-0.39, 0.29) is 11.9 Å². The van der Waals surface area contributed by atoms with Crippen LogP contribution in [0.1, 0.15) is 12.8 Å². The maximum atomic E-state index is 12.4. The lowest BCUT2D eigenvalue weighted by atomic mass is 9.75. The second-order valence-electron chi connectivity index (χ2n) is 7.86. The molecule has 2 aliphatic rings. The molecular formula is C20H25ClN4O2. The average Bonchev–Trinajstić information content (AvgIpc) is 2.65. The minimum absolute atomic E-state index is 0.0122. The van der Waals surface area contributed by atoms with Gasteiger partial charge in [-0.15, -0.1) is 0 Å². The van der Waals surface area contributed by atoms with Gasteiger partial charge in [-0.25, -0.2) is 4.79 Å². The van der Waals surface area contributed by atoms with Crippen LogP contribution in [0.4, 0.5) is 10.5 Å². The van der Waals surface area contributed by atoms with Crippen LogP contribution in [0.15, 0.2) is 30.5 Å². The number of benzene rings is 1. The van der Waals surface area contributed by atoms with Gasteiger partial charge in [0.1, 0.15) is 0 Å². The van der Waals surface area contributed by atoms with Crippen molar-refractivity contribution in [2.45, 2.75) is 18.4 Å². The summed E-state index contributed by atoms with van der Waals surface area (Å²) in [6, 6.07) is 7.79. The summed E-state index contributed by atoms with van der Waals surface area (Å²) in [6.07, 6.45) is 3.15. The summed E-state index contributed by atoms with van der Waals surface area (Å²) in [5.41, 5.74) is 1.29. The van der Waals surface area contributed by atoms with Gasteiger partial charge in [-0.3, -0.25) is 4.98 Å². The minimum atomic E-state index is -0.689. The van der Waals surface area contributed by atoms with E-state index < -0.39 is 5.60 Å². The van der Waals surface area contributed by atoms with E-state index in [2.05, 4.69) is 9.88 Å². The number of carbonyl (C=O) groups is 1. The molecule has 1 aromatic carbocycles. The first-order valence-electron chi connectivity index (χ1n) is 9.35. The fourth-order valence-electron chi connectivity index (χ4n) is 4.36. The lowest BCUT2D eigenvalue weighted by Crippen LogP contribution is -2.61. The van der Waals surface area contributed by atoms with Crippen molar-refractivity contribution in [1.29, 1.82) is 0 Å². The molecule has 144 valence electrons. The van der Waals surface area contributed by atoms with Crippen molar-refractivity contribution in [2.24, 2.45) is 5.92 Å². The molecular weight excluding hydrogens is 364 g/mol. The van der Waals surface area contributed by atoms with Crippen LogP contribution < -0.4 is 4.90 Å². The van der Waals surface area contributed by atoms with Crippen molar-refractivity contribution in [3.63, 3.8) is 0 Å². The van der Waals surface area contributed by atoms with Crippen molar-refractivity contribution >= 4 is 34.2 Å². The van der Waals surface area contributed by atoms with Gasteiger partial charge in [-0.05, 0) is 37.1 Å². The predicted molar refractivity (Wildman–Crippen MR) is 107 cm³/mol. The van der Waals surface area contributed by atoms with Gasteiger partial charge in [0.05, 0.1) is 11.1 Å². The Balaban J connectivity index is 1.60. The van der Waals surface area contributed by atoms with Crippen molar-refractivity contribution in [3.05, 3.63) is 35.5 Å². The monoisotopic (exact) mass is 388 g/mol. The molecule has 2 aliphatic heterocycles. The third kappa shape index (κ3) is 3.32. The predicted octanol–water partition coefficient (Wildman–Crippen LogP) is 2.83. The molecule has 0 saturated carbocycles. The SMILES string of the molecule is CN(C)C(=O)N1CC[C@@]2(O)CCN(c3ccnc4cc(Cl)ccc34)C[C@H]2C1. The van der Waals surface area contributed by atoms with Gasteiger partial charge < -0.3 is 19.8 Å². The Labute approximate surface area is 164 Å². The quantitative estimate of drug-likeness (QED) is 0.816. The van der Waals surface area contributed by atoms with Crippen molar-refractivity contribution < 1.29 is 9.90 Å². The molecule has 0 unspecified atom stereocenters. The first kappa shape index (κ1) is 18.3. The Morgan fingerprint density at radius 1 is 1.26 bits per heavy atom. The van der Waals surface area contributed by atoms with E-state index in [9.17, 15) is 9.90 Å². The van der Waals surface area contributed by atoms with Crippen LogP contribution in [0.5, 0.6) is 0 Å². The Hall–Kier alpha value is -2.05. The lowest BCUT2D eigenvalue weighted by Gasteiger charge is -2.51. The van der Waals surface area contributed by atoms with E-state index >= 15 is 0 Å². The molecule has 2 atom stereocenters. The molecule has 6 nitrogen and oxygen atoms in total. The molecule has 1 N–H and O–H groups in total. The molecule has 4 rings (SSSR count). The van der Waals surface area contributed by atoms with Crippen LogP contribution in [0.25, 0.3) is 10.9 Å². The number of rotatable bonds is 1. The zero-order valence-electron chi connectivity index (χ0n) is 15.7. The molecule has 2 amide bonds. The van der Waals surface area contributed by atoms with Crippen molar-refractivity contribution in [2.75, 3.05) is 45.2 Å². The van der Waals surface area contributed by atoms with Gasteiger partial charge in [0, 0.05) is 68.5 Å². The molecule has 0 bridgehead atoms. The van der Waals surface area contributed by atoms with Gasteiger partial charge in [0.15, 0.2) is 0 Å². The van der Waals surface area contributed by atoms with Gasteiger partial charge in [0.2, 0.25) is 0 Å². The number of piperidine rings is 2. The van der Waals surface area contributed by atoms with Crippen LogP contribution in [0.3, 0.4) is 0 Å². The van der Waals surface area contributed by atoms with Crippen LogP contribution in [0.2, 0.25) is 5.02 Å². The highest BCUT2D eigenvalue weighted by atomic mass is 35.5. The number of carbonyl (C=O) groups excluding carboxylic acids is 1. The number of nitrogens with zero attached hydrogens (tertiary/aromatic N) is 4. The van der Waals surface area contributed by atoms with Crippen molar-refractivity contribution in [3.8, 4) is 0 Å². The second-order valence-corrected chi connectivity index (χ2v) is 8.30. The molecule has 3 heterocycles. The normalized spacial score (nSPS) is 25.4. The van der Waals surface area contributed by atoms with Gasteiger partial charge in [-0.2, -0.15) is 0 Å². The van der Waals surface area contributed by atoms with E-state index in [0.717, 1.165) is 29.7 Å². The minimum Gasteiger partial charge on any atom is -0.389 e. The van der Waals surface area contributed by atoms with E-state index in [1.807, 2.05) is 29.2 Å². The largest absolute Gasteiger partial charge is 0.389 e. The number of hydrogen-bond acceptors (Lipinski definition) is 4. The summed E-state index contributed by atoms with van der Waals surface area (Å²) in [5.74, 6) is 0.0272. The van der Waals surface area contributed by atoms with Crippen LogP contribution in [-0.2, 0) is 0 Å². The average molecular weight is 389 g/mol. The number of hydrogen-bond donors (Lipinski definition) is 1. The van der Waals surface area contributed by atoms with E-state index in [1.54, 1.807) is 25.2 Å². The molecule has 0 spiro atoms. The number of amides is 2. The second kappa shape index (κ2) is 6.84. The number of halogens is 1. The fraction of sp³-hybridized carbons (Fsp3) is 0.500. The number of likely N-dealkylation sites (tertiary alicyclic amines) is 1. The van der Waals surface area contributed by atoms with E-state index in [4.69, 9.17) is 11.6 Å². The number of aliphatic hydroxyl groups is 1. The summed E-state index contributed by atoms with van der Waals surface area (Å²) in [5, 5.41) is 12.9. The molecule has 27 heavy (non-hydrogen) atoms. The van der Waals surface area contributed by atoms with Gasteiger partial charge >= 0.3 is 6.03 Å². The fourth-order valence-corrected chi connectivity index (χ4v) is 4.53. The number of urea groups is 1. The molecule has 0 aliphatic carbocycles. The Kier molecular flexibility index (Phi) is 4.64. The smallest absolute Gasteiger partial charge is 0.319 e. The summed E-state index contributed by atoms with van der Waals surface area (Å²) in [6.45, 7) is 2.70. The number of anilines is 1. The standard InChI is InChI=1S/C20H25ClN4O2/c1-23(2)19(26)25-10-7-20(27)6-9-24(12-14(20)13-25)18-5-8-22-17-11-15(21)3-4-16(17)18/h3-5,8,11,14,27H,6-7,9-10,12-13H2,1-2H3/t14-,20-/m0/s1. The molecule has 2 aromatic rings.